The Morgan fingerprint density at radius 2 is 1.56 bits per heavy atom. The molecule has 4 amide bonds. The normalized spacial score (nSPS) is 12.8. The van der Waals surface area contributed by atoms with Crippen molar-refractivity contribution in [2.24, 2.45) is 17.4 Å². The quantitative estimate of drug-likeness (QED) is 0.227. The molecule has 0 bridgehead atoms. The minimum Gasteiger partial charge on any atom is -0.480 e. The highest BCUT2D eigenvalue weighted by Crippen LogP contribution is 2.05. The molecule has 25 heavy (non-hydrogen) atoms. The van der Waals surface area contributed by atoms with Crippen molar-refractivity contribution in [3.05, 3.63) is 0 Å². The number of hydrogen-bond acceptors (Lipinski definition) is 6. The fraction of sp³-hybridized carbons (Fsp3) is 0.643. The molecule has 11 nitrogen and oxygen atoms in total. The van der Waals surface area contributed by atoms with E-state index in [0.29, 0.717) is 0 Å². The van der Waals surface area contributed by atoms with E-state index in [1.165, 1.54) is 0 Å². The first kappa shape index (κ1) is 22.3. The van der Waals surface area contributed by atoms with Crippen LogP contribution in [-0.4, -0.2) is 59.9 Å². The van der Waals surface area contributed by atoms with E-state index in [-0.39, 0.29) is 18.8 Å². The van der Waals surface area contributed by atoms with Gasteiger partial charge in [-0.15, -0.1) is 0 Å². The van der Waals surface area contributed by atoms with Gasteiger partial charge in [-0.2, -0.15) is 0 Å². The minimum atomic E-state index is -1.21. The summed E-state index contributed by atoms with van der Waals surface area (Å²) in [5.41, 5.74) is 10.3. The van der Waals surface area contributed by atoms with Crippen molar-refractivity contribution < 1.29 is 29.1 Å². The lowest BCUT2D eigenvalue weighted by atomic mass is 10.0. The highest BCUT2D eigenvalue weighted by Gasteiger charge is 2.23. The Morgan fingerprint density at radius 1 is 1.00 bits per heavy atom. The second-order valence-electron chi connectivity index (χ2n) is 5.86. The zero-order valence-corrected chi connectivity index (χ0v) is 14.2. The molecular weight excluding hydrogens is 334 g/mol. The number of nitrogens with two attached hydrogens (primary N) is 2. The van der Waals surface area contributed by atoms with E-state index in [1.54, 1.807) is 0 Å². The number of carboxylic acid groups (broad SMARTS) is 1. The Kier molecular flexibility index (Phi) is 9.79. The monoisotopic (exact) mass is 359 g/mol. The molecule has 0 aromatic carbocycles. The zero-order valence-electron chi connectivity index (χ0n) is 14.2. The maximum atomic E-state index is 11.9. The molecule has 11 heteroatoms. The summed E-state index contributed by atoms with van der Waals surface area (Å²) in [6.07, 6.45) is -0.0760. The number of primary amides is 1. The second kappa shape index (κ2) is 11.0. The molecule has 0 spiro atoms. The minimum absolute atomic E-state index is 0.0551. The third kappa shape index (κ3) is 10.7. The molecule has 0 aliphatic carbocycles. The number of aliphatic carboxylic acids is 1. The third-order valence-corrected chi connectivity index (χ3v) is 2.95. The van der Waals surface area contributed by atoms with Gasteiger partial charge in [0, 0.05) is 0 Å². The molecule has 0 aliphatic heterocycles. The third-order valence-electron chi connectivity index (χ3n) is 2.95. The van der Waals surface area contributed by atoms with Gasteiger partial charge in [0.05, 0.1) is 19.0 Å². The number of hydrogen-bond donors (Lipinski definition) is 6. The molecule has 0 heterocycles. The molecule has 0 radical (unpaired) electrons. The maximum Gasteiger partial charge on any atom is 0.322 e. The van der Waals surface area contributed by atoms with Gasteiger partial charge in [0.15, 0.2) is 0 Å². The van der Waals surface area contributed by atoms with Gasteiger partial charge in [0.1, 0.15) is 12.6 Å². The van der Waals surface area contributed by atoms with Crippen LogP contribution in [0.4, 0.5) is 0 Å². The number of amides is 4. The van der Waals surface area contributed by atoms with Crippen molar-refractivity contribution in [3.8, 4) is 0 Å². The summed E-state index contributed by atoms with van der Waals surface area (Å²) < 4.78 is 0. The number of carbonyl (C=O) groups excluding carboxylic acids is 4. The second-order valence-corrected chi connectivity index (χ2v) is 5.86. The zero-order chi connectivity index (χ0) is 19.6. The first-order valence-electron chi connectivity index (χ1n) is 7.63. The molecule has 8 N–H and O–H groups in total. The van der Waals surface area contributed by atoms with Gasteiger partial charge in [-0.1, -0.05) is 13.8 Å². The fourth-order valence-corrected chi connectivity index (χ4v) is 1.84. The number of carbonyl (C=O) groups is 5. The average molecular weight is 359 g/mol. The Hall–Kier alpha value is -2.69. The van der Waals surface area contributed by atoms with E-state index in [4.69, 9.17) is 16.6 Å². The first-order chi connectivity index (χ1) is 11.5. The molecule has 2 unspecified atom stereocenters. The average Bonchev–Trinajstić information content (AvgIpc) is 2.48. The lowest BCUT2D eigenvalue weighted by molar-refractivity contribution is -0.138. The van der Waals surface area contributed by atoms with Gasteiger partial charge < -0.3 is 32.5 Å². The number of nitrogens with one attached hydrogen (secondary N) is 3. The van der Waals surface area contributed by atoms with E-state index in [9.17, 15) is 24.0 Å². The van der Waals surface area contributed by atoms with Crippen molar-refractivity contribution in [2.75, 3.05) is 13.1 Å². The molecule has 0 saturated carbocycles. The maximum absolute atomic E-state index is 11.9. The van der Waals surface area contributed by atoms with Crippen LogP contribution in [0.1, 0.15) is 26.7 Å². The fourth-order valence-electron chi connectivity index (χ4n) is 1.84. The van der Waals surface area contributed by atoms with Crippen molar-refractivity contribution in [1.82, 2.24) is 16.0 Å². The van der Waals surface area contributed by atoms with Crippen LogP contribution < -0.4 is 27.4 Å². The van der Waals surface area contributed by atoms with Gasteiger partial charge in [0.25, 0.3) is 0 Å². The predicted octanol–water partition coefficient (Wildman–Crippen LogP) is -2.96. The lowest BCUT2D eigenvalue weighted by Crippen LogP contribution is -2.52. The van der Waals surface area contributed by atoms with Gasteiger partial charge in [-0.05, 0) is 12.3 Å². The van der Waals surface area contributed by atoms with E-state index in [2.05, 4.69) is 16.0 Å². The summed E-state index contributed by atoms with van der Waals surface area (Å²) in [6, 6.07) is -2.11. The number of rotatable bonds is 11. The van der Waals surface area contributed by atoms with Gasteiger partial charge in [0.2, 0.25) is 23.6 Å². The van der Waals surface area contributed by atoms with E-state index in [1.807, 2.05) is 13.8 Å². The smallest absolute Gasteiger partial charge is 0.322 e. The van der Waals surface area contributed by atoms with Crippen LogP contribution in [0, 0.1) is 5.92 Å². The Morgan fingerprint density at radius 3 is 2.04 bits per heavy atom. The summed E-state index contributed by atoms with van der Waals surface area (Å²) in [4.78, 5) is 56.6. The molecule has 0 rings (SSSR count). The standard InChI is InChI=1S/C14H25N5O6/c1-7(2)3-9(14(25)18-6-12(22)23)19-11(21)5-17-13(24)8(15)4-10(16)20/h7-9H,3-6,15H2,1-2H3,(H2,16,20)(H,17,24)(H,18,25)(H,19,21)(H,22,23). The van der Waals surface area contributed by atoms with Crippen molar-refractivity contribution in [3.63, 3.8) is 0 Å². The summed E-state index contributed by atoms with van der Waals surface area (Å²) in [5, 5.41) is 15.4. The largest absolute Gasteiger partial charge is 0.480 e. The van der Waals surface area contributed by atoms with E-state index in [0.717, 1.165) is 0 Å². The summed E-state index contributed by atoms with van der Waals surface area (Å²) in [7, 11) is 0. The molecular formula is C14H25N5O6. The van der Waals surface area contributed by atoms with Crippen LogP contribution >= 0.6 is 0 Å². The highest BCUT2D eigenvalue weighted by molar-refractivity contribution is 5.93. The molecule has 0 aliphatic rings. The molecule has 0 aromatic heterocycles. The predicted molar refractivity (Wildman–Crippen MR) is 86.8 cm³/mol. The lowest BCUT2D eigenvalue weighted by Gasteiger charge is -2.20. The van der Waals surface area contributed by atoms with E-state index >= 15 is 0 Å². The van der Waals surface area contributed by atoms with E-state index < -0.39 is 54.8 Å². The SMILES string of the molecule is CC(C)CC(NC(=O)CNC(=O)C(N)CC(N)=O)C(=O)NCC(=O)O. The van der Waals surface area contributed by atoms with Crippen LogP contribution in [0.25, 0.3) is 0 Å². The molecule has 0 fully saturated rings. The Labute approximate surface area is 144 Å². The molecule has 0 aromatic rings. The molecule has 0 saturated heterocycles. The van der Waals surface area contributed by atoms with Crippen LogP contribution in [0.2, 0.25) is 0 Å². The van der Waals surface area contributed by atoms with Gasteiger partial charge in [-0.25, -0.2) is 0 Å². The summed E-state index contributed by atoms with van der Waals surface area (Å²) in [5.74, 6) is -3.93. The Balaban J connectivity index is 4.55. The van der Waals surface area contributed by atoms with Crippen LogP contribution in [0.15, 0.2) is 0 Å². The molecule has 2 atom stereocenters. The van der Waals surface area contributed by atoms with Gasteiger partial charge in [-0.3, -0.25) is 24.0 Å². The van der Waals surface area contributed by atoms with Crippen LogP contribution in [-0.2, 0) is 24.0 Å². The first-order valence-corrected chi connectivity index (χ1v) is 7.63. The molecule has 142 valence electrons. The summed E-state index contributed by atoms with van der Waals surface area (Å²) in [6.45, 7) is 2.64. The summed E-state index contributed by atoms with van der Waals surface area (Å²) >= 11 is 0. The van der Waals surface area contributed by atoms with Crippen molar-refractivity contribution >= 4 is 29.6 Å². The van der Waals surface area contributed by atoms with Crippen molar-refractivity contribution in [1.29, 1.82) is 0 Å². The van der Waals surface area contributed by atoms with Gasteiger partial charge >= 0.3 is 5.97 Å². The van der Waals surface area contributed by atoms with Crippen LogP contribution in [0.3, 0.4) is 0 Å². The topological polar surface area (TPSA) is 194 Å². The van der Waals surface area contributed by atoms with Crippen molar-refractivity contribution in [2.45, 2.75) is 38.8 Å². The Bertz CT molecular complexity index is 522. The van der Waals surface area contributed by atoms with Crippen LogP contribution in [0.5, 0.6) is 0 Å². The number of carboxylic acids is 1. The highest BCUT2D eigenvalue weighted by atomic mass is 16.4.